The number of nitrogens with zero attached hydrogens (tertiary/aromatic N) is 1. The zero-order chi connectivity index (χ0) is 10.1. The molecule has 0 spiro atoms. The molecule has 2 atom stereocenters. The highest BCUT2D eigenvalue weighted by Crippen LogP contribution is 2.18. The molecule has 4 nitrogen and oxygen atoms in total. The second-order valence-corrected chi connectivity index (χ2v) is 6.02. The molecule has 0 radical (unpaired) electrons. The normalized spacial score (nSPS) is 30.5. The van der Waals surface area contributed by atoms with Crippen LogP contribution < -0.4 is 5.73 Å². The first-order valence-corrected chi connectivity index (χ1v) is 6.26. The fourth-order valence-electron chi connectivity index (χ4n) is 1.56. The van der Waals surface area contributed by atoms with Crippen molar-refractivity contribution in [3.05, 3.63) is 0 Å². The highest BCUT2D eigenvalue weighted by atomic mass is 32.2. The van der Waals surface area contributed by atoms with Crippen LogP contribution in [-0.4, -0.2) is 37.6 Å². The molecule has 0 amide bonds. The zero-order valence-corrected chi connectivity index (χ0v) is 9.05. The molecule has 1 aliphatic heterocycles. The van der Waals surface area contributed by atoms with Crippen LogP contribution in [0, 0.1) is 5.92 Å². The molecule has 1 fully saturated rings. The van der Waals surface area contributed by atoms with Gasteiger partial charge >= 0.3 is 0 Å². The van der Waals surface area contributed by atoms with Gasteiger partial charge in [-0.25, -0.2) is 12.7 Å². The summed E-state index contributed by atoms with van der Waals surface area (Å²) in [5, 5.41) is 0. The van der Waals surface area contributed by atoms with E-state index < -0.39 is 10.0 Å². The largest absolute Gasteiger partial charge is 0.328 e. The molecule has 0 aromatic heterocycles. The molecular formula is C8H18N2O2S. The third-order valence-corrected chi connectivity index (χ3v) is 4.35. The standard InChI is InChI=1S/C8H18N2O2S/c1-7-5-10(4-3-8(2)9)13(11,12)6-7/h7-8H,3-6,9H2,1-2H3. The number of hydrogen-bond donors (Lipinski definition) is 1. The van der Waals surface area contributed by atoms with E-state index in [1.165, 1.54) is 0 Å². The summed E-state index contributed by atoms with van der Waals surface area (Å²) in [6, 6.07) is 0.0751. The Morgan fingerprint density at radius 3 is 2.62 bits per heavy atom. The van der Waals surface area contributed by atoms with Crippen molar-refractivity contribution in [3.63, 3.8) is 0 Å². The molecule has 13 heavy (non-hydrogen) atoms. The van der Waals surface area contributed by atoms with Crippen LogP contribution in [0.3, 0.4) is 0 Å². The van der Waals surface area contributed by atoms with Gasteiger partial charge in [-0.15, -0.1) is 0 Å². The molecule has 2 N–H and O–H groups in total. The summed E-state index contributed by atoms with van der Waals surface area (Å²) in [6.45, 7) is 5.09. The summed E-state index contributed by atoms with van der Waals surface area (Å²) in [5.41, 5.74) is 5.57. The third-order valence-electron chi connectivity index (χ3n) is 2.24. The second-order valence-electron chi connectivity index (χ2n) is 4.01. The summed E-state index contributed by atoms with van der Waals surface area (Å²) >= 11 is 0. The van der Waals surface area contributed by atoms with E-state index in [-0.39, 0.29) is 12.0 Å². The third kappa shape index (κ3) is 2.93. The predicted molar refractivity (Wildman–Crippen MR) is 52.8 cm³/mol. The molecule has 2 unspecified atom stereocenters. The molecular weight excluding hydrogens is 188 g/mol. The predicted octanol–water partition coefficient (Wildman–Crippen LogP) is 0.00520. The highest BCUT2D eigenvalue weighted by Gasteiger charge is 2.32. The molecule has 0 saturated carbocycles. The molecule has 0 aliphatic carbocycles. The highest BCUT2D eigenvalue weighted by molar-refractivity contribution is 7.89. The van der Waals surface area contributed by atoms with Gasteiger partial charge < -0.3 is 5.73 Å². The Kier molecular flexibility index (Phi) is 3.32. The van der Waals surface area contributed by atoms with Gasteiger partial charge in [0.25, 0.3) is 0 Å². The monoisotopic (exact) mass is 206 g/mol. The minimum atomic E-state index is -2.95. The molecule has 1 aliphatic rings. The Labute approximate surface area is 80.1 Å². The van der Waals surface area contributed by atoms with Gasteiger partial charge in [-0.05, 0) is 19.3 Å². The quantitative estimate of drug-likeness (QED) is 0.707. The number of hydrogen-bond acceptors (Lipinski definition) is 3. The lowest BCUT2D eigenvalue weighted by Gasteiger charge is -2.15. The molecule has 1 saturated heterocycles. The van der Waals surface area contributed by atoms with Crippen molar-refractivity contribution in [1.29, 1.82) is 0 Å². The number of rotatable bonds is 3. The minimum Gasteiger partial charge on any atom is -0.328 e. The Morgan fingerprint density at radius 1 is 1.62 bits per heavy atom. The van der Waals surface area contributed by atoms with Gasteiger partial charge in [0.1, 0.15) is 0 Å². The topological polar surface area (TPSA) is 63.4 Å². The molecule has 78 valence electrons. The van der Waals surface area contributed by atoms with E-state index in [1.807, 2.05) is 13.8 Å². The van der Waals surface area contributed by atoms with E-state index in [2.05, 4.69) is 0 Å². The maximum absolute atomic E-state index is 11.5. The van der Waals surface area contributed by atoms with Crippen LogP contribution in [0.25, 0.3) is 0 Å². The fourth-order valence-corrected chi connectivity index (χ4v) is 3.46. The van der Waals surface area contributed by atoms with Crippen LogP contribution >= 0.6 is 0 Å². The van der Waals surface area contributed by atoms with Crippen LogP contribution in [0.5, 0.6) is 0 Å². The van der Waals surface area contributed by atoms with Crippen LogP contribution in [-0.2, 0) is 10.0 Å². The van der Waals surface area contributed by atoms with E-state index in [9.17, 15) is 8.42 Å². The Balaban J connectivity index is 2.51. The van der Waals surface area contributed by atoms with Gasteiger partial charge in [-0.3, -0.25) is 0 Å². The lowest BCUT2D eigenvalue weighted by Crippen LogP contribution is -2.30. The van der Waals surface area contributed by atoms with Crippen molar-refractivity contribution in [2.45, 2.75) is 26.3 Å². The first-order chi connectivity index (χ1) is 5.92. The Hall–Kier alpha value is -0.130. The van der Waals surface area contributed by atoms with Gasteiger partial charge in [0.15, 0.2) is 0 Å². The number of nitrogens with two attached hydrogens (primary N) is 1. The molecule has 0 aromatic rings. The van der Waals surface area contributed by atoms with Gasteiger partial charge in [-0.1, -0.05) is 6.92 Å². The van der Waals surface area contributed by atoms with Crippen LogP contribution in [0.1, 0.15) is 20.3 Å². The number of sulfonamides is 1. The SMILES string of the molecule is CC(N)CCN1CC(C)CS1(=O)=O. The van der Waals surface area contributed by atoms with Crippen molar-refractivity contribution < 1.29 is 8.42 Å². The molecule has 0 aromatic carbocycles. The summed E-state index contributed by atoms with van der Waals surface area (Å²) in [7, 11) is -2.95. The summed E-state index contributed by atoms with van der Waals surface area (Å²) in [4.78, 5) is 0. The maximum Gasteiger partial charge on any atom is 0.214 e. The van der Waals surface area contributed by atoms with E-state index in [0.717, 1.165) is 6.42 Å². The van der Waals surface area contributed by atoms with Crippen LogP contribution in [0.2, 0.25) is 0 Å². The van der Waals surface area contributed by atoms with E-state index in [1.54, 1.807) is 4.31 Å². The Bertz CT molecular complexity index is 261. The van der Waals surface area contributed by atoms with E-state index in [0.29, 0.717) is 18.8 Å². The average Bonchev–Trinajstić information content (AvgIpc) is 2.19. The van der Waals surface area contributed by atoms with Crippen LogP contribution in [0.4, 0.5) is 0 Å². The molecule has 1 rings (SSSR count). The van der Waals surface area contributed by atoms with Gasteiger partial charge in [0.05, 0.1) is 5.75 Å². The first kappa shape index (κ1) is 10.9. The zero-order valence-electron chi connectivity index (χ0n) is 8.23. The first-order valence-electron chi connectivity index (χ1n) is 4.65. The smallest absolute Gasteiger partial charge is 0.214 e. The van der Waals surface area contributed by atoms with E-state index in [4.69, 9.17) is 5.73 Å². The van der Waals surface area contributed by atoms with E-state index >= 15 is 0 Å². The summed E-state index contributed by atoms with van der Waals surface area (Å²) < 4.78 is 24.5. The molecule has 5 heteroatoms. The fraction of sp³-hybridized carbons (Fsp3) is 1.00. The minimum absolute atomic E-state index is 0.0751. The van der Waals surface area contributed by atoms with Crippen LogP contribution in [0.15, 0.2) is 0 Å². The van der Waals surface area contributed by atoms with Gasteiger partial charge in [-0.2, -0.15) is 0 Å². The molecule has 1 heterocycles. The summed E-state index contributed by atoms with van der Waals surface area (Å²) in [6.07, 6.45) is 0.742. The van der Waals surface area contributed by atoms with Crippen molar-refractivity contribution in [2.24, 2.45) is 11.7 Å². The van der Waals surface area contributed by atoms with Crippen molar-refractivity contribution in [3.8, 4) is 0 Å². The lowest BCUT2D eigenvalue weighted by molar-refractivity contribution is 0.396. The van der Waals surface area contributed by atoms with Crippen molar-refractivity contribution in [1.82, 2.24) is 4.31 Å². The lowest BCUT2D eigenvalue weighted by atomic mass is 10.2. The van der Waals surface area contributed by atoms with Crippen molar-refractivity contribution >= 4 is 10.0 Å². The van der Waals surface area contributed by atoms with Gasteiger partial charge in [0.2, 0.25) is 10.0 Å². The van der Waals surface area contributed by atoms with Crippen molar-refractivity contribution in [2.75, 3.05) is 18.8 Å². The second kappa shape index (κ2) is 3.94. The average molecular weight is 206 g/mol. The van der Waals surface area contributed by atoms with Gasteiger partial charge in [0, 0.05) is 19.1 Å². The summed E-state index contributed by atoms with van der Waals surface area (Å²) in [5.74, 6) is 0.560. The molecule has 0 bridgehead atoms. The maximum atomic E-state index is 11.5. The Morgan fingerprint density at radius 2 is 2.23 bits per heavy atom.